The van der Waals surface area contributed by atoms with Crippen molar-refractivity contribution < 1.29 is 52.5 Å². The number of primary amides is 1. The molecule has 0 saturated carbocycles. The number of aliphatic imine (C=N–C) groups is 1. The fourth-order valence-electron chi connectivity index (χ4n) is 9.46. The molecule has 0 saturated heterocycles. The molecule has 7 amide bonds. The number of anilines is 4. The molecule has 0 aromatic heterocycles. The van der Waals surface area contributed by atoms with Crippen LogP contribution in [0.2, 0.25) is 0 Å². The molecule has 0 bridgehead atoms. The van der Waals surface area contributed by atoms with Crippen molar-refractivity contribution in [2.45, 2.75) is 63.8 Å². The number of ether oxygens (including phenoxy) is 4. The fourth-order valence-corrected chi connectivity index (χ4v) is 9.46. The van der Waals surface area contributed by atoms with Gasteiger partial charge in [0.2, 0.25) is 29.5 Å². The summed E-state index contributed by atoms with van der Waals surface area (Å²) >= 11 is 0. The second-order valence-corrected chi connectivity index (χ2v) is 18.1. The standard InChI is InChI=1S/C54H55N9O11/c1-71-44-20-38-40(56-24-36-18-33-9-3-5-11-42(33)62(36)53(38)69)22-46(44)73-29-31-15-32(17-35(16-31)61-52(68)28-60-51(67)27-59-50(66)26-58-49(65)14-8-7-13-48(55)64)30-74-47-23-41-39(21-45(47)72-2)54(70)63-37(25-57-41)19-34-10-4-6-12-43(34)63/h3-6,9-12,15-17,20-24,36-37,57H,7-8,13-14,18-19,25-30H2,1-2H3,(H2,55,64)(H,58,65)(H,59,66)(H,60,67)(H,61,68)/t36-,37-/m0/s1. The largest absolute Gasteiger partial charge is 0.493 e. The van der Waals surface area contributed by atoms with E-state index in [1.807, 2.05) is 59.5 Å². The number of hydrogen-bond acceptors (Lipinski definition) is 13. The number of para-hydroxylation sites is 2. The Balaban J connectivity index is 0.889. The van der Waals surface area contributed by atoms with Gasteiger partial charge >= 0.3 is 0 Å². The maximum Gasteiger partial charge on any atom is 0.261 e. The Morgan fingerprint density at radius 1 is 0.649 bits per heavy atom. The van der Waals surface area contributed by atoms with Crippen LogP contribution in [-0.2, 0) is 50.0 Å². The van der Waals surface area contributed by atoms with Gasteiger partial charge in [0.1, 0.15) is 13.2 Å². The van der Waals surface area contributed by atoms with E-state index in [4.69, 9.17) is 29.7 Å². The number of carbonyl (C=O) groups is 7. The highest BCUT2D eigenvalue weighted by atomic mass is 16.5. The summed E-state index contributed by atoms with van der Waals surface area (Å²) in [5.41, 5.74) is 12.4. The fraction of sp³-hybridized carbons (Fsp3) is 0.296. The molecule has 4 aliphatic rings. The molecule has 0 radical (unpaired) electrons. The van der Waals surface area contributed by atoms with Gasteiger partial charge in [-0.3, -0.25) is 43.5 Å². The van der Waals surface area contributed by atoms with Crippen LogP contribution in [0.3, 0.4) is 0 Å². The van der Waals surface area contributed by atoms with E-state index in [-0.39, 0.29) is 62.4 Å². The summed E-state index contributed by atoms with van der Waals surface area (Å²) < 4.78 is 24.3. The normalized spacial score (nSPS) is 15.6. The minimum absolute atomic E-state index is 0.0199. The van der Waals surface area contributed by atoms with E-state index in [2.05, 4.69) is 26.6 Å². The van der Waals surface area contributed by atoms with Gasteiger partial charge in [-0.2, -0.15) is 0 Å². The van der Waals surface area contributed by atoms with E-state index in [0.29, 0.717) is 88.1 Å². The Morgan fingerprint density at radius 2 is 1.22 bits per heavy atom. The number of hydrogen-bond donors (Lipinski definition) is 6. The molecular weight excluding hydrogens is 951 g/mol. The van der Waals surface area contributed by atoms with Crippen molar-refractivity contribution in [3.8, 4) is 23.0 Å². The van der Waals surface area contributed by atoms with Crippen molar-refractivity contribution >= 4 is 76.0 Å². The molecule has 0 spiro atoms. The molecule has 4 heterocycles. The Kier molecular flexibility index (Phi) is 15.0. The molecule has 5 aromatic rings. The number of fused-ring (bicyclic) bond motifs is 8. The van der Waals surface area contributed by atoms with E-state index in [1.165, 1.54) is 14.2 Å². The maximum atomic E-state index is 14.1. The van der Waals surface area contributed by atoms with Gasteiger partial charge in [-0.25, -0.2) is 0 Å². The zero-order valence-corrected chi connectivity index (χ0v) is 40.8. The van der Waals surface area contributed by atoms with Gasteiger partial charge in [0.25, 0.3) is 11.8 Å². The van der Waals surface area contributed by atoms with Gasteiger partial charge in [0, 0.05) is 61.2 Å². The van der Waals surface area contributed by atoms with Crippen LogP contribution < -0.4 is 61.1 Å². The number of benzene rings is 5. The lowest BCUT2D eigenvalue weighted by Crippen LogP contribution is -2.43. The Morgan fingerprint density at radius 3 is 1.88 bits per heavy atom. The highest BCUT2D eigenvalue weighted by Crippen LogP contribution is 2.43. The quantitative estimate of drug-likeness (QED) is 0.0590. The maximum absolute atomic E-state index is 14.1. The van der Waals surface area contributed by atoms with Crippen molar-refractivity contribution in [3.63, 3.8) is 0 Å². The first-order valence-corrected chi connectivity index (χ1v) is 24.2. The van der Waals surface area contributed by atoms with Crippen LogP contribution in [0.5, 0.6) is 23.0 Å². The Labute approximate surface area is 425 Å². The predicted octanol–water partition coefficient (Wildman–Crippen LogP) is 4.48. The van der Waals surface area contributed by atoms with Crippen LogP contribution in [-0.4, -0.2) is 100 Å². The summed E-state index contributed by atoms with van der Waals surface area (Å²) in [5, 5.41) is 13.6. The van der Waals surface area contributed by atoms with Gasteiger partial charge in [-0.15, -0.1) is 0 Å². The van der Waals surface area contributed by atoms with Gasteiger partial charge in [-0.1, -0.05) is 36.4 Å². The third-order valence-corrected chi connectivity index (χ3v) is 13.0. The van der Waals surface area contributed by atoms with Gasteiger partial charge < -0.3 is 56.2 Å². The zero-order chi connectivity index (χ0) is 51.9. The second-order valence-electron chi connectivity index (χ2n) is 18.1. The number of nitrogens with one attached hydrogen (secondary N) is 5. The smallest absolute Gasteiger partial charge is 0.261 e. The lowest BCUT2D eigenvalue weighted by molar-refractivity contribution is -0.128. The lowest BCUT2D eigenvalue weighted by atomic mass is 10.1. The summed E-state index contributed by atoms with van der Waals surface area (Å²) in [4.78, 5) is 97.6. The van der Waals surface area contributed by atoms with Crippen LogP contribution in [0.1, 0.15) is 68.7 Å². The van der Waals surface area contributed by atoms with Crippen LogP contribution in [0.4, 0.5) is 28.4 Å². The van der Waals surface area contributed by atoms with E-state index >= 15 is 0 Å². The Hall–Kier alpha value is -8.94. The first kappa shape index (κ1) is 50.0. The molecule has 4 aliphatic heterocycles. The predicted molar refractivity (Wildman–Crippen MR) is 275 cm³/mol. The minimum Gasteiger partial charge on any atom is -0.493 e. The first-order chi connectivity index (χ1) is 35.8. The van der Waals surface area contributed by atoms with Crippen molar-refractivity contribution in [1.29, 1.82) is 0 Å². The molecule has 20 heteroatoms. The molecule has 20 nitrogen and oxygen atoms in total. The first-order valence-electron chi connectivity index (χ1n) is 24.2. The van der Waals surface area contributed by atoms with Gasteiger partial charge in [-0.05, 0) is 84.0 Å². The molecule has 0 unspecified atom stereocenters. The van der Waals surface area contributed by atoms with Gasteiger partial charge in [0.05, 0.1) is 68.4 Å². The van der Waals surface area contributed by atoms with E-state index in [9.17, 15) is 33.6 Å². The molecule has 5 aromatic carbocycles. The monoisotopic (exact) mass is 1010 g/mol. The van der Waals surface area contributed by atoms with Crippen molar-refractivity contribution in [3.05, 3.63) is 124 Å². The second kappa shape index (κ2) is 22.2. The average molecular weight is 1010 g/mol. The highest BCUT2D eigenvalue weighted by Gasteiger charge is 2.39. The molecule has 2 atom stereocenters. The summed E-state index contributed by atoms with van der Waals surface area (Å²) in [5.74, 6) is -1.72. The lowest BCUT2D eigenvalue weighted by Gasteiger charge is -2.22. The molecule has 0 aliphatic carbocycles. The summed E-state index contributed by atoms with van der Waals surface area (Å²) in [7, 11) is 2.98. The van der Waals surface area contributed by atoms with E-state index < -0.39 is 36.7 Å². The molecule has 74 heavy (non-hydrogen) atoms. The highest BCUT2D eigenvalue weighted by molar-refractivity contribution is 6.15. The number of rotatable bonds is 20. The summed E-state index contributed by atoms with van der Waals surface area (Å²) in [6, 6.07) is 27.3. The number of carbonyl (C=O) groups excluding carboxylic acids is 7. The molecular formula is C54H55N9O11. The molecule has 9 rings (SSSR count). The number of nitrogens with zero attached hydrogens (tertiary/aromatic N) is 3. The third kappa shape index (κ3) is 11.2. The number of amides is 7. The number of nitrogens with two attached hydrogens (primary N) is 1. The van der Waals surface area contributed by atoms with Crippen molar-refractivity contribution in [1.82, 2.24) is 16.0 Å². The third-order valence-electron chi connectivity index (χ3n) is 13.0. The van der Waals surface area contributed by atoms with Gasteiger partial charge in [0.15, 0.2) is 23.0 Å². The van der Waals surface area contributed by atoms with Crippen molar-refractivity contribution in [2.75, 3.05) is 60.8 Å². The van der Waals surface area contributed by atoms with Crippen LogP contribution in [0, 0.1) is 0 Å². The SMILES string of the molecule is COc1cc2c(cc1OCc1cc(COc3cc4c(cc3OC)C(=O)N3c5ccccc5C[C@H]3CN4)cc(NC(=O)CNC(=O)CNC(=O)CNC(=O)CCCCC(N)=O)c1)N=C[C@@H]1Cc3ccccc3N1C2=O. The molecule has 382 valence electrons. The molecule has 7 N–H and O–H groups in total. The molecule has 0 fully saturated rings. The van der Waals surface area contributed by atoms with E-state index in [0.717, 1.165) is 28.9 Å². The summed E-state index contributed by atoms with van der Waals surface area (Å²) in [6.07, 6.45) is 4.28. The average Bonchev–Trinajstić information content (AvgIpc) is 3.89. The topological polar surface area (TPSA) is 261 Å². The zero-order valence-electron chi connectivity index (χ0n) is 40.8. The van der Waals surface area contributed by atoms with Crippen LogP contribution in [0.25, 0.3) is 0 Å². The summed E-state index contributed by atoms with van der Waals surface area (Å²) in [6.45, 7) is -0.787. The number of methoxy groups -OCH3 is 2. The van der Waals surface area contributed by atoms with E-state index in [1.54, 1.807) is 47.5 Å². The number of unbranched alkanes of at least 4 members (excludes halogenated alkanes) is 1. The minimum atomic E-state index is -0.649. The van der Waals surface area contributed by atoms with Crippen molar-refractivity contribution in [2.24, 2.45) is 10.7 Å². The van der Waals surface area contributed by atoms with Crippen LogP contribution in [0.15, 0.2) is 96.0 Å². The Bertz CT molecular complexity index is 3090. The van der Waals surface area contributed by atoms with Crippen LogP contribution >= 0.6 is 0 Å².